The van der Waals surface area contributed by atoms with Crippen molar-refractivity contribution in [2.75, 3.05) is 18.0 Å². The highest BCUT2D eigenvalue weighted by Gasteiger charge is 2.44. The molecule has 0 aliphatic carbocycles. The maximum absolute atomic E-state index is 14.5. The first-order valence-electron chi connectivity index (χ1n) is 9.85. The molecule has 0 spiro atoms. The average Bonchev–Trinajstić information content (AvgIpc) is 2.92. The summed E-state index contributed by atoms with van der Waals surface area (Å²) >= 11 is 0. The van der Waals surface area contributed by atoms with Crippen LogP contribution in [0.25, 0.3) is 5.57 Å². The molecule has 4 rings (SSSR count). The molecule has 0 radical (unpaired) electrons. The first-order valence-corrected chi connectivity index (χ1v) is 9.85. The van der Waals surface area contributed by atoms with Crippen LogP contribution in [-0.4, -0.2) is 29.8 Å². The van der Waals surface area contributed by atoms with Crippen molar-refractivity contribution in [3.63, 3.8) is 0 Å². The highest BCUT2D eigenvalue weighted by Crippen LogP contribution is 2.38. The van der Waals surface area contributed by atoms with Gasteiger partial charge in [-0.05, 0) is 48.1 Å². The van der Waals surface area contributed by atoms with Crippen molar-refractivity contribution in [3.05, 3.63) is 71.2 Å². The number of anilines is 1. The van der Waals surface area contributed by atoms with Gasteiger partial charge in [0.25, 0.3) is 11.8 Å². The molecule has 1 saturated heterocycles. The SMILES string of the molecule is CC1CC(C)CN(C2=C(c3ccc(F)cc3)C(=O)N(c3ccc(F)cc3F)C2=O)C1. The van der Waals surface area contributed by atoms with Gasteiger partial charge in [-0.25, -0.2) is 18.1 Å². The Balaban J connectivity index is 1.85. The van der Waals surface area contributed by atoms with Gasteiger partial charge < -0.3 is 4.90 Å². The summed E-state index contributed by atoms with van der Waals surface area (Å²) in [6.07, 6.45) is 0.994. The molecule has 2 aromatic carbocycles. The predicted octanol–water partition coefficient (Wildman–Crippen LogP) is 4.37. The van der Waals surface area contributed by atoms with Crippen LogP contribution in [0.3, 0.4) is 0 Å². The zero-order valence-electron chi connectivity index (χ0n) is 16.7. The van der Waals surface area contributed by atoms with Gasteiger partial charge >= 0.3 is 0 Å². The summed E-state index contributed by atoms with van der Waals surface area (Å²) < 4.78 is 41.3. The molecule has 156 valence electrons. The van der Waals surface area contributed by atoms with Gasteiger partial charge in [0.05, 0.1) is 11.3 Å². The van der Waals surface area contributed by atoms with Crippen LogP contribution in [0.2, 0.25) is 0 Å². The number of carbonyl (C=O) groups is 2. The van der Waals surface area contributed by atoms with Gasteiger partial charge in [0.15, 0.2) is 0 Å². The molecule has 2 amide bonds. The minimum absolute atomic E-state index is 0.102. The van der Waals surface area contributed by atoms with Crippen LogP contribution in [0.4, 0.5) is 18.9 Å². The number of nitrogens with zero attached hydrogens (tertiary/aromatic N) is 2. The van der Waals surface area contributed by atoms with E-state index in [1.54, 1.807) is 0 Å². The predicted molar refractivity (Wildman–Crippen MR) is 107 cm³/mol. The van der Waals surface area contributed by atoms with Crippen LogP contribution >= 0.6 is 0 Å². The fraction of sp³-hybridized carbons (Fsp3) is 0.304. The van der Waals surface area contributed by atoms with Crippen LogP contribution in [0.15, 0.2) is 48.2 Å². The van der Waals surface area contributed by atoms with Crippen molar-refractivity contribution in [1.82, 2.24) is 4.90 Å². The van der Waals surface area contributed by atoms with Crippen LogP contribution in [-0.2, 0) is 9.59 Å². The Morgan fingerprint density at radius 1 is 0.833 bits per heavy atom. The van der Waals surface area contributed by atoms with E-state index in [1.807, 2.05) is 4.90 Å². The first kappa shape index (κ1) is 20.2. The second-order valence-electron chi connectivity index (χ2n) is 8.12. The van der Waals surface area contributed by atoms with Gasteiger partial charge in [-0.1, -0.05) is 26.0 Å². The van der Waals surface area contributed by atoms with Gasteiger partial charge in [-0.3, -0.25) is 9.59 Å². The largest absolute Gasteiger partial charge is 0.366 e. The smallest absolute Gasteiger partial charge is 0.282 e. The molecule has 2 unspecified atom stereocenters. The molecule has 2 aliphatic rings. The van der Waals surface area contributed by atoms with E-state index >= 15 is 0 Å². The lowest BCUT2D eigenvalue weighted by molar-refractivity contribution is -0.121. The Hall–Kier alpha value is -3.09. The van der Waals surface area contributed by atoms with E-state index in [9.17, 15) is 22.8 Å². The van der Waals surface area contributed by atoms with E-state index in [-0.39, 0.29) is 17.0 Å². The molecule has 1 fully saturated rings. The van der Waals surface area contributed by atoms with Crippen LogP contribution in [0, 0.1) is 29.3 Å². The molecule has 2 aromatic rings. The highest BCUT2D eigenvalue weighted by atomic mass is 19.1. The quantitative estimate of drug-likeness (QED) is 0.701. The van der Waals surface area contributed by atoms with Crippen LogP contribution in [0.5, 0.6) is 0 Å². The van der Waals surface area contributed by atoms with Crippen molar-refractivity contribution < 1.29 is 22.8 Å². The van der Waals surface area contributed by atoms with E-state index in [0.717, 1.165) is 23.5 Å². The lowest BCUT2D eigenvalue weighted by Gasteiger charge is -2.37. The molecule has 0 bridgehead atoms. The Bertz CT molecular complexity index is 1040. The summed E-state index contributed by atoms with van der Waals surface area (Å²) in [5.74, 6) is -3.05. The standard InChI is InChI=1S/C23H21F3N2O2/c1-13-9-14(2)12-27(11-13)21-20(15-3-5-16(24)6-4-15)22(29)28(23(21)30)19-8-7-17(25)10-18(19)26/h3-8,10,13-14H,9,11-12H2,1-2H3. The lowest BCUT2D eigenvalue weighted by Crippen LogP contribution is -2.42. The number of benzene rings is 2. The minimum Gasteiger partial charge on any atom is -0.366 e. The van der Waals surface area contributed by atoms with Crippen molar-refractivity contribution in [2.45, 2.75) is 20.3 Å². The summed E-state index contributed by atoms with van der Waals surface area (Å²) in [4.78, 5) is 29.3. The molecule has 4 nitrogen and oxygen atoms in total. The molecule has 0 saturated carbocycles. The molecule has 30 heavy (non-hydrogen) atoms. The third kappa shape index (κ3) is 3.49. The first-order chi connectivity index (χ1) is 14.3. The number of amides is 2. The molecular formula is C23H21F3N2O2. The zero-order chi connectivity index (χ0) is 21.6. The van der Waals surface area contributed by atoms with Gasteiger partial charge in [0.1, 0.15) is 23.1 Å². The Kier molecular flexibility index (Phi) is 5.13. The van der Waals surface area contributed by atoms with Gasteiger partial charge in [0, 0.05) is 19.2 Å². The average molecular weight is 414 g/mol. The molecule has 2 heterocycles. The number of imide groups is 1. The van der Waals surface area contributed by atoms with Crippen molar-refractivity contribution in [3.8, 4) is 0 Å². The summed E-state index contributed by atoms with van der Waals surface area (Å²) in [7, 11) is 0. The van der Waals surface area contributed by atoms with Gasteiger partial charge in [-0.15, -0.1) is 0 Å². The molecule has 0 N–H and O–H groups in total. The fourth-order valence-corrected chi connectivity index (χ4v) is 4.42. The zero-order valence-corrected chi connectivity index (χ0v) is 16.7. The van der Waals surface area contributed by atoms with E-state index in [0.29, 0.717) is 36.6 Å². The lowest BCUT2D eigenvalue weighted by atomic mass is 9.91. The number of halogens is 3. The summed E-state index contributed by atoms with van der Waals surface area (Å²) in [6.45, 7) is 5.28. The Labute approximate surface area is 172 Å². The number of hydrogen-bond acceptors (Lipinski definition) is 3. The molecule has 2 aliphatic heterocycles. The second kappa shape index (κ2) is 7.63. The fourth-order valence-electron chi connectivity index (χ4n) is 4.42. The monoisotopic (exact) mass is 414 g/mol. The number of carbonyl (C=O) groups excluding carboxylic acids is 2. The third-order valence-corrected chi connectivity index (χ3v) is 5.53. The topological polar surface area (TPSA) is 40.6 Å². The van der Waals surface area contributed by atoms with Crippen molar-refractivity contribution >= 4 is 23.1 Å². The van der Waals surface area contributed by atoms with Crippen LogP contribution in [0.1, 0.15) is 25.8 Å². The van der Waals surface area contributed by atoms with Crippen molar-refractivity contribution in [1.29, 1.82) is 0 Å². The Morgan fingerprint density at radius 3 is 2.03 bits per heavy atom. The molecular weight excluding hydrogens is 393 g/mol. The normalized spacial score (nSPS) is 22.3. The van der Waals surface area contributed by atoms with E-state index in [1.165, 1.54) is 24.3 Å². The van der Waals surface area contributed by atoms with E-state index in [2.05, 4.69) is 13.8 Å². The Morgan fingerprint density at radius 2 is 1.43 bits per heavy atom. The number of piperidine rings is 1. The van der Waals surface area contributed by atoms with Crippen LogP contribution < -0.4 is 4.90 Å². The summed E-state index contributed by atoms with van der Waals surface area (Å²) in [5.41, 5.74) is 0.346. The van der Waals surface area contributed by atoms with E-state index in [4.69, 9.17) is 0 Å². The van der Waals surface area contributed by atoms with Gasteiger partial charge in [-0.2, -0.15) is 0 Å². The van der Waals surface area contributed by atoms with Crippen molar-refractivity contribution in [2.24, 2.45) is 11.8 Å². The maximum Gasteiger partial charge on any atom is 0.282 e. The number of likely N-dealkylation sites (tertiary alicyclic amines) is 1. The van der Waals surface area contributed by atoms with E-state index < -0.39 is 29.3 Å². The molecule has 0 aromatic heterocycles. The molecule has 2 atom stereocenters. The summed E-state index contributed by atoms with van der Waals surface area (Å²) in [5, 5.41) is 0. The van der Waals surface area contributed by atoms with Gasteiger partial charge in [0.2, 0.25) is 0 Å². The molecule has 7 heteroatoms. The third-order valence-electron chi connectivity index (χ3n) is 5.53. The highest BCUT2D eigenvalue weighted by molar-refractivity contribution is 6.45. The number of rotatable bonds is 3. The maximum atomic E-state index is 14.5. The second-order valence-corrected chi connectivity index (χ2v) is 8.12. The summed E-state index contributed by atoms with van der Waals surface area (Å²) in [6, 6.07) is 7.98. The minimum atomic E-state index is -1.00. The number of hydrogen-bond donors (Lipinski definition) is 0.